The van der Waals surface area contributed by atoms with Gasteiger partial charge in [0.05, 0.1) is 4.90 Å². The van der Waals surface area contributed by atoms with Crippen molar-refractivity contribution in [1.29, 1.82) is 0 Å². The maximum absolute atomic E-state index is 12.5. The number of thiophene rings is 1. The van der Waals surface area contributed by atoms with Crippen molar-refractivity contribution >= 4 is 33.2 Å². The van der Waals surface area contributed by atoms with Crippen LogP contribution in [0.5, 0.6) is 0 Å². The van der Waals surface area contributed by atoms with Gasteiger partial charge in [-0.2, -0.15) is 4.31 Å². The molecule has 0 bridgehead atoms. The topological polar surface area (TPSA) is 118 Å². The van der Waals surface area contributed by atoms with Gasteiger partial charge in [0.15, 0.2) is 0 Å². The fourth-order valence-electron chi connectivity index (χ4n) is 2.18. The first-order valence-corrected chi connectivity index (χ1v) is 8.29. The van der Waals surface area contributed by atoms with E-state index in [1.54, 1.807) is 0 Å². The molecule has 1 saturated heterocycles. The molecule has 9 heteroatoms. The third-order valence-electron chi connectivity index (χ3n) is 3.17. The first kappa shape index (κ1) is 14.9. The Labute approximate surface area is 120 Å². The van der Waals surface area contributed by atoms with Crippen molar-refractivity contribution in [3.63, 3.8) is 0 Å². The highest BCUT2D eigenvalue weighted by molar-refractivity contribution is 7.89. The van der Waals surface area contributed by atoms with E-state index < -0.39 is 27.9 Å². The fraction of sp³-hybridized carbons (Fsp3) is 0.455. The van der Waals surface area contributed by atoms with Gasteiger partial charge in [-0.25, -0.2) is 13.2 Å². The second-order valence-electron chi connectivity index (χ2n) is 4.48. The number of aromatic carboxylic acids is 1. The minimum absolute atomic E-state index is 0.0591. The number of carbonyl (C=O) groups is 2. The molecule has 0 radical (unpaired) electrons. The minimum atomic E-state index is -3.89. The van der Waals surface area contributed by atoms with Crippen LogP contribution in [0.25, 0.3) is 0 Å². The predicted octanol–water partition coefficient (Wildman–Crippen LogP) is 0.475. The van der Waals surface area contributed by atoms with Crippen LogP contribution in [0.15, 0.2) is 16.3 Å². The smallest absolute Gasteiger partial charge is 0.345 e. The Bertz CT molecular complexity index is 637. The van der Waals surface area contributed by atoms with Crippen molar-refractivity contribution in [3.05, 3.63) is 16.3 Å². The molecule has 2 rings (SSSR count). The van der Waals surface area contributed by atoms with Gasteiger partial charge in [0.25, 0.3) is 0 Å². The number of piperidine rings is 1. The van der Waals surface area contributed by atoms with Crippen LogP contribution in [0.1, 0.15) is 28.9 Å². The van der Waals surface area contributed by atoms with E-state index in [2.05, 4.69) is 0 Å². The summed E-state index contributed by atoms with van der Waals surface area (Å²) in [5, 5.41) is 10.1. The Kier molecular flexibility index (Phi) is 4.11. The lowest BCUT2D eigenvalue weighted by Gasteiger charge is -2.32. The zero-order valence-electron chi connectivity index (χ0n) is 10.5. The molecule has 2 heterocycles. The van der Waals surface area contributed by atoms with Crippen LogP contribution < -0.4 is 5.73 Å². The number of primary amides is 1. The zero-order valence-corrected chi connectivity index (χ0v) is 12.1. The third kappa shape index (κ3) is 2.69. The molecular weight excluding hydrogens is 304 g/mol. The second-order valence-corrected chi connectivity index (χ2v) is 7.28. The Morgan fingerprint density at radius 2 is 2.10 bits per heavy atom. The molecule has 0 aromatic carbocycles. The highest BCUT2D eigenvalue weighted by Gasteiger charge is 2.37. The van der Waals surface area contributed by atoms with E-state index in [9.17, 15) is 18.0 Å². The quantitative estimate of drug-likeness (QED) is 0.837. The summed E-state index contributed by atoms with van der Waals surface area (Å²) < 4.78 is 26.0. The molecule has 1 unspecified atom stereocenters. The summed E-state index contributed by atoms with van der Waals surface area (Å²) in [6.45, 7) is 0.216. The number of nitrogens with two attached hydrogens (primary N) is 1. The van der Waals surface area contributed by atoms with Gasteiger partial charge < -0.3 is 10.8 Å². The van der Waals surface area contributed by atoms with E-state index in [1.807, 2.05) is 0 Å². The van der Waals surface area contributed by atoms with Gasteiger partial charge in [-0.15, -0.1) is 11.3 Å². The lowest BCUT2D eigenvalue weighted by molar-refractivity contribution is -0.122. The summed E-state index contributed by atoms with van der Waals surface area (Å²) in [7, 11) is -3.89. The van der Waals surface area contributed by atoms with Gasteiger partial charge in [-0.3, -0.25) is 4.79 Å². The molecule has 0 saturated carbocycles. The van der Waals surface area contributed by atoms with Crippen LogP contribution in [-0.2, 0) is 14.8 Å². The maximum atomic E-state index is 12.5. The monoisotopic (exact) mass is 318 g/mol. The number of nitrogens with zero attached hydrogens (tertiary/aromatic N) is 1. The number of carboxylic acids is 1. The molecule has 1 aromatic rings. The van der Waals surface area contributed by atoms with Crippen molar-refractivity contribution < 1.29 is 23.1 Å². The summed E-state index contributed by atoms with van der Waals surface area (Å²) in [6.07, 6.45) is 1.78. The van der Waals surface area contributed by atoms with Gasteiger partial charge in [0.2, 0.25) is 15.9 Å². The first-order valence-electron chi connectivity index (χ1n) is 5.97. The lowest BCUT2D eigenvalue weighted by atomic mass is 10.0. The van der Waals surface area contributed by atoms with Gasteiger partial charge in [-0.05, 0) is 18.9 Å². The molecule has 1 aliphatic heterocycles. The Hall–Kier alpha value is -1.45. The number of sulfonamides is 1. The lowest BCUT2D eigenvalue weighted by Crippen LogP contribution is -2.50. The molecule has 1 atom stereocenters. The molecule has 1 aliphatic rings. The van der Waals surface area contributed by atoms with Crippen LogP contribution in [0, 0.1) is 0 Å². The number of amides is 1. The largest absolute Gasteiger partial charge is 0.477 e. The van der Waals surface area contributed by atoms with Crippen molar-refractivity contribution in [2.24, 2.45) is 5.73 Å². The molecule has 20 heavy (non-hydrogen) atoms. The number of hydrogen-bond donors (Lipinski definition) is 2. The highest BCUT2D eigenvalue weighted by atomic mass is 32.2. The molecule has 1 amide bonds. The van der Waals surface area contributed by atoms with Crippen LogP contribution in [0.2, 0.25) is 0 Å². The average molecular weight is 318 g/mol. The van der Waals surface area contributed by atoms with E-state index in [1.165, 1.54) is 5.38 Å². The van der Waals surface area contributed by atoms with Gasteiger partial charge in [0, 0.05) is 11.9 Å². The van der Waals surface area contributed by atoms with Crippen molar-refractivity contribution in [1.82, 2.24) is 4.31 Å². The van der Waals surface area contributed by atoms with E-state index in [-0.39, 0.29) is 16.3 Å². The average Bonchev–Trinajstić information content (AvgIpc) is 2.89. The van der Waals surface area contributed by atoms with Crippen molar-refractivity contribution in [3.8, 4) is 0 Å². The summed E-state index contributed by atoms with van der Waals surface area (Å²) in [4.78, 5) is 22.0. The van der Waals surface area contributed by atoms with Crippen LogP contribution in [-0.4, -0.2) is 42.3 Å². The Morgan fingerprint density at radius 1 is 1.40 bits per heavy atom. The maximum Gasteiger partial charge on any atom is 0.345 e. The van der Waals surface area contributed by atoms with Gasteiger partial charge in [0.1, 0.15) is 10.9 Å². The van der Waals surface area contributed by atoms with Crippen LogP contribution >= 0.6 is 11.3 Å². The van der Waals surface area contributed by atoms with Gasteiger partial charge in [-0.1, -0.05) is 6.42 Å². The molecular formula is C11H14N2O5S2. The summed E-state index contributed by atoms with van der Waals surface area (Å²) >= 11 is 0.837. The molecule has 1 aromatic heterocycles. The summed E-state index contributed by atoms with van der Waals surface area (Å²) in [6, 6.07) is 0.247. The number of hydrogen-bond acceptors (Lipinski definition) is 5. The van der Waals surface area contributed by atoms with Crippen molar-refractivity contribution in [2.45, 2.75) is 30.2 Å². The molecule has 0 spiro atoms. The third-order valence-corrected chi connectivity index (χ3v) is 6.13. The van der Waals surface area contributed by atoms with Crippen LogP contribution in [0.4, 0.5) is 0 Å². The molecule has 3 N–H and O–H groups in total. The van der Waals surface area contributed by atoms with E-state index in [0.717, 1.165) is 28.1 Å². The second kappa shape index (κ2) is 5.51. The van der Waals surface area contributed by atoms with Crippen molar-refractivity contribution in [2.75, 3.05) is 6.54 Å². The number of carbonyl (C=O) groups excluding carboxylic acids is 1. The fourth-order valence-corrected chi connectivity index (χ4v) is 4.94. The predicted molar refractivity (Wildman–Crippen MR) is 72.0 cm³/mol. The molecule has 7 nitrogen and oxygen atoms in total. The minimum Gasteiger partial charge on any atom is -0.477 e. The van der Waals surface area contributed by atoms with E-state index in [4.69, 9.17) is 10.8 Å². The molecule has 0 aliphatic carbocycles. The number of carboxylic acid groups (broad SMARTS) is 1. The summed E-state index contributed by atoms with van der Waals surface area (Å²) in [5.41, 5.74) is 5.25. The molecule has 110 valence electrons. The highest BCUT2D eigenvalue weighted by Crippen LogP contribution is 2.28. The Balaban J connectivity index is 2.36. The Morgan fingerprint density at radius 3 is 2.65 bits per heavy atom. The number of rotatable bonds is 4. The summed E-state index contributed by atoms with van der Waals surface area (Å²) in [5.74, 6) is -1.86. The normalized spacial score (nSPS) is 20.7. The molecule has 1 fully saturated rings. The van der Waals surface area contributed by atoms with E-state index >= 15 is 0 Å². The van der Waals surface area contributed by atoms with Crippen LogP contribution in [0.3, 0.4) is 0 Å². The SMILES string of the molecule is NC(=O)C1CCCCN1S(=O)(=O)c1csc(C(=O)O)c1. The first-order chi connectivity index (χ1) is 9.34. The van der Waals surface area contributed by atoms with Gasteiger partial charge >= 0.3 is 5.97 Å². The standard InChI is InChI=1S/C11H14N2O5S2/c12-10(14)8-3-1-2-4-13(8)20(17,18)7-5-9(11(15)16)19-6-7/h5-6,8H,1-4H2,(H2,12,14)(H,15,16). The zero-order chi connectivity index (χ0) is 14.9. The van der Waals surface area contributed by atoms with E-state index in [0.29, 0.717) is 12.8 Å².